The van der Waals surface area contributed by atoms with Gasteiger partial charge in [-0.25, -0.2) is 10.4 Å². The Balaban J connectivity index is 1.83. The quantitative estimate of drug-likeness (QED) is 0.574. The molecule has 0 aliphatic rings. The molecule has 0 spiro atoms. The van der Waals surface area contributed by atoms with E-state index >= 15 is 0 Å². The molecule has 2 heterocycles. The topological polar surface area (TPSA) is 72.2 Å². The monoisotopic (exact) mass is 361 g/mol. The molecule has 0 saturated carbocycles. The number of nitrogens with one attached hydrogen (secondary N) is 1. The molecule has 2 aromatic heterocycles. The second kappa shape index (κ2) is 6.95. The molecule has 1 N–H and O–H groups in total. The van der Waals surface area contributed by atoms with Gasteiger partial charge in [-0.2, -0.15) is 18.3 Å². The van der Waals surface area contributed by atoms with Crippen molar-refractivity contribution in [2.75, 3.05) is 0 Å². The largest absolute Gasteiger partial charge is 0.449 e. The van der Waals surface area contributed by atoms with Gasteiger partial charge in [-0.3, -0.25) is 9.78 Å². The molecule has 1 amide bonds. The van der Waals surface area contributed by atoms with Crippen molar-refractivity contribution in [2.45, 2.75) is 19.6 Å². The molecule has 0 atom stereocenters. The number of imidazole rings is 1. The van der Waals surface area contributed by atoms with E-state index in [-0.39, 0.29) is 11.0 Å². The number of fused-ring (bicyclic) bond motifs is 1. The molecule has 134 valence electrons. The minimum atomic E-state index is -4.67. The van der Waals surface area contributed by atoms with Gasteiger partial charge in [0.05, 0.1) is 22.4 Å². The Morgan fingerprint density at radius 3 is 2.62 bits per heavy atom. The second-order valence-electron chi connectivity index (χ2n) is 5.46. The lowest BCUT2D eigenvalue weighted by Crippen LogP contribution is -2.27. The molecule has 26 heavy (non-hydrogen) atoms. The Bertz CT molecular complexity index is 963. The molecule has 0 aliphatic carbocycles. The van der Waals surface area contributed by atoms with Crippen LogP contribution in [0.1, 0.15) is 18.4 Å². The van der Waals surface area contributed by atoms with Gasteiger partial charge < -0.3 is 4.57 Å². The molecular weight excluding hydrogens is 347 g/mol. The fraction of sp³-hybridized carbons (Fsp3) is 0.176. The van der Waals surface area contributed by atoms with E-state index in [4.69, 9.17) is 0 Å². The van der Waals surface area contributed by atoms with Gasteiger partial charge in [0.25, 0.3) is 5.91 Å². The molecule has 3 rings (SSSR count). The molecule has 1 aromatic carbocycles. The van der Waals surface area contributed by atoms with Gasteiger partial charge in [0.2, 0.25) is 5.82 Å². The third-order valence-electron chi connectivity index (χ3n) is 3.59. The van der Waals surface area contributed by atoms with Crippen molar-refractivity contribution < 1.29 is 18.0 Å². The van der Waals surface area contributed by atoms with Gasteiger partial charge in [0, 0.05) is 6.20 Å². The summed E-state index contributed by atoms with van der Waals surface area (Å²) in [6, 6.07) is 11.3. The summed E-state index contributed by atoms with van der Waals surface area (Å²) in [4.78, 5) is 19.8. The van der Waals surface area contributed by atoms with E-state index in [1.165, 1.54) is 12.1 Å². The van der Waals surface area contributed by atoms with Crippen molar-refractivity contribution in [2.24, 2.45) is 5.10 Å². The van der Waals surface area contributed by atoms with Gasteiger partial charge in [0.15, 0.2) is 0 Å². The van der Waals surface area contributed by atoms with Crippen LogP contribution in [0.25, 0.3) is 11.0 Å². The predicted molar refractivity (Wildman–Crippen MR) is 89.3 cm³/mol. The predicted octanol–water partition coefficient (Wildman–Crippen LogP) is 2.99. The number of carbonyl (C=O) groups excluding carboxylic acids is 1. The summed E-state index contributed by atoms with van der Waals surface area (Å²) in [5, 5.41) is 3.89. The maximum absolute atomic E-state index is 13.2. The molecule has 0 aliphatic heterocycles. The van der Waals surface area contributed by atoms with E-state index in [1.54, 1.807) is 43.5 Å². The number of amides is 1. The maximum Gasteiger partial charge on any atom is 0.449 e. The second-order valence-corrected chi connectivity index (χ2v) is 5.46. The third-order valence-corrected chi connectivity index (χ3v) is 3.59. The number of carbonyl (C=O) groups is 1. The first-order valence-electron chi connectivity index (χ1n) is 7.63. The minimum absolute atomic E-state index is 0.167. The summed E-state index contributed by atoms with van der Waals surface area (Å²) in [6.45, 7) is 1.07. The molecule has 3 aromatic rings. The first-order valence-corrected chi connectivity index (χ1v) is 7.63. The fourth-order valence-corrected chi connectivity index (χ4v) is 2.41. The summed E-state index contributed by atoms with van der Waals surface area (Å²) in [5.41, 5.74) is 3.63. The van der Waals surface area contributed by atoms with E-state index < -0.39 is 24.5 Å². The van der Waals surface area contributed by atoms with Crippen molar-refractivity contribution in [3.8, 4) is 0 Å². The van der Waals surface area contributed by atoms with Crippen LogP contribution in [-0.2, 0) is 17.5 Å². The smallest absolute Gasteiger partial charge is 0.311 e. The van der Waals surface area contributed by atoms with Crippen LogP contribution in [0.5, 0.6) is 0 Å². The maximum atomic E-state index is 13.2. The lowest BCUT2D eigenvalue weighted by atomic mass is 10.3. The summed E-state index contributed by atoms with van der Waals surface area (Å²) in [5.74, 6) is -1.83. The van der Waals surface area contributed by atoms with Gasteiger partial charge in [-0.15, -0.1) is 0 Å². The summed E-state index contributed by atoms with van der Waals surface area (Å²) in [6.07, 6.45) is -3.10. The molecular formula is C17H14F3N5O. The number of pyridine rings is 1. The van der Waals surface area contributed by atoms with E-state index in [9.17, 15) is 18.0 Å². The highest BCUT2D eigenvalue weighted by molar-refractivity contribution is 5.97. The zero-order valence-electron chi connectivity index (χ0n) is 13.7. The van der Waals surface area contributed by atoms with E-state index in [0.717, 1.165) is 4.57 Å². The number of rotatable bonds is 4. The fourth-order valence-electron chi connectivity index (χ4n) is 2.41. The highest BCUT2D eigenvalue weighted by Crippen LogP contribution is 2.31. The average molecular weight is 361 g/mol. The van der Waals surface area contributed by atoms with E-state index in [1.807, 2.05) is 0 Å². The van der Waals surface area contributed by atoms with Gasteiger partial charge in [-0.05, 0) is 31.2 Å². The molecule has 0 saturated heterocycles. The van der Waals surface area contributed by atoms with Crippen LogP contribution in [0.2, 0.25) is 0 Å². The molecule has 9 heteroatoms. The first-order chi connectivity index (χ1) is 12.4. The first kappa shape index (κ1) is 17.6. The number of para-hydroxylation sites is 2. The highest BCUT2D eigenvalue weighted by Gasteiger charge is 2.37. The van der Waals surface area contributed by atoms with Crippen molar-refractivity contribution in [3.63, 3.8) is 0 Å². The van der Waals surface area contributed by atoms with E-state index in [2.05, 4.69) is 20.5 Å². The number of halogens is 3. The van der Waals surface area contributed by atoms with Crippen LogP contribution in [0, 0.1) is 0 Å². The molecule has 6 nitrogen and oxygen atoms in total. The Morgan fingerprint density at radius 2 is 1.92 bits per heavy atom. The summed E-state index contributed by atoms with van der Waals surface area (Å²) >= 11 is 0. The Labute approximate surface area is 146 Å². The van der Waals surface area contributed by atoms with Crippen LogP contribution in [0.3, 0.4) is 0 Å². The number of benzene rings is 1. The van der Waals surface area contributed by atoms with Crippen LogP contribution >= 0.6 is 0 Å². The van der Waals surface area contributed by atoms with Gasteiger partial charge in [-0.1, -0.05) is 18.2 Å². The molecule has 0 radical (unpaired) electrons. The Morgan fingerprint density at radius 1 is 1.19 bits per heavy atom. The lowest BCUT2D eigenvalue weighted by Gasteiger charge is -2.10. The van der Waals surface area contributed by atoms with Crippen molar-refractivity contribution in [1.29, 1.82) is 0 Å². The van der Waals surface area contributed by atoms with Crippen LogP contribution < -0.4 is 5.43 Å². The Hall–Kier alpha value is -3.23. The number of aromatic nitrogens is 3. The normalized spacial score (nSPS) is 12.4. The zero-order chi connectivity index (χ0) is 18.7. The third kappa shape index (κ3) is 3.71. The van der Waals surface area contributed by atoms with Crippen molar-refractivity contribution >= 4 is 22.7 Å². The Kier molecular flexibility index (Phi) is 4.70. The number of hydrazone groups is 1. The minimum Gasteiger partial charge on any atom is -0.311 e. The van der Waals surface area contributed by atoms with Gasteiger partial charge >= 0.3 is 6.18 Å². The number of hydrogen-bond donors (Lipinski definition) is 1. The SMILES string of the molecule is CC(=NNC(=O)Cn1c(C(F)(F)F)nc2ccccc21)c1ccccn1. The standard InChI is InChI=1S/C17H14F3N5O/c1-11(12-6-4-5-9-21-12)23-24-15(26)10-25-14-8-3-2-7-13(14)22-16(25)17(18,19)20/h2-9H,10H2,1H3,(H,24,26). The lowest BCUT2D eigenvalue weighted by molar-refractivity contribution is -0.147. The summed E-state index contributed by atoms with van der Waals surface area (Å²) in [7, 11) is 0. The summed E-state index contributed by atoms with van der Waals surface area (Å²) < 4.78 is 40.5. The van der Waals surface area contributed by atoms with Crippen LogP contribution in [0.15, 0.2) is 53.8 Å². The average Bonchev–Trinajstić information content (AvgIpc) is 2.99. The number of hydrogen-bond acceptors (Lipinski definition) is 4. The zero-order valence-corrected chi connectivity index (χ0v) is 13.7. The number of alkyl halides is 3. The molecule has 0 unspecified atom stereocenters. The molecule has 0 fully saturated rings. The van der Waals surface area contributed by atoms with Gasteiger partial charge in [0.1, 0.15) is 6.54 Å². The van der Waals surface area contributed by atoms with E-state index in [0.29, 0.717) is 11.4 Å². The number of nitrogens with zero attached hydrogens (tertiary/aromatic N) is 4. The molecule has 0 bridgehead atoms. The van der Waals surface area contributed by atoms with Crippen molar-refractivity contribution in [3.05, 3.63) is 60.2 Å². The highest BCUT2D eigenvalue weighted by atomic mass is 19.4. The van der Waals surface area contributed by atoms with Crippen LogP contribution in [0.4, 0.5) is 13.2 Å². The van der Waals surface area contributed by atoms with Crippen molar-refractivity contribution in [1.82, 2.24) is 20.0 Å². The van der Waals surface area contributed by atoms with Crippen LogP contribution in [-0.4, -0.2) is 26.2 Å².